The van der Waals surface area contributed by atoms with Gasteiger partial charge in [0.15, 0.2) is 5.13 Å². The summed E-state index contributed by atoms with van der Waals surface area (Å²) in [7, 11) is 0. The highest BCUT2D eigenvalue weighted by molar-refractivity contribution is 7.16. The predicted octanol–water partition coefficient (Wildman–Crippen LogP) is 4.39. The number of benzene rings is 2. The van der Waals surface area contributed by atoms with Gasteiger partial charge < -0.3 is 5.11 Å². The summed E-state index contributed by atoms with van der Waals surface area (Å²) in [4.78, 5) is 32.8. The third kappa shape index (κ3) is 2.92. The minimum Gasteiger partial charge on any atom is -0.507 e. The lowest BCUT2D eigenvalue weighted by Gasteiger charge is -2.22. The van der Waals surface area contributed by atoms with Crippen molar-refractivity contribution in [3.05, 3.63) is 87.9 Å². The summed E-state index contributed by atoms with van der Waals surface area (Å²) in [5, 5.41) is 11.4. The number of aliphatic hydroxyl groups is 1. The summed E-state index contributed by atoms with van der Waals surface area (Å²) in [6.45, 7) is 3.79. The number of Topliss-reactive ketones (excluding diaryl/α,β-unsaturated/α-hetero) is 1. The van der Waals surface area contributed by atoms with Crippen molar-refractivity contribution < 1.29 is 14.7 Å². The topological polar surface area (TPSA) is 70.5 Å². The molecular formula is C22H18N2O3S. The second-order valence-electron chi connectivity index (χ2n) is 6.58. The number of hydrogen-bond acceptors (Lipinski definition) is 5. The molecule has 2 heterocycles. The van der Waals surface area contributed by atoms with Gasteiger partial charge in [0.25, 0.3) is 5.78 Å². The summed E-state index contributed by atoms with van der Waals surface area (Å²) in [6, 6.07) is 17.3. The third-order valence-electron chi connectivity index (χ3n) is 4.83. The molecule has 6 heteroatoms. The standard InChI is InChI=1S/C22H18N2O3S/c1-13-14(2)28-22(23-13)24-18(15-9-5-3-6-10-15)17(20(26)21(24)27)19(25)16-11-7-4-8-12-16/h3-12,18,25H,1-2H3/t18-/m0/s1. The lowest BCUT2D eigenvalue weighted by Crippen LogP contribution is -2.29. The van der Waals surface area contributed by atoms with Gasteiger partial charge in [0.1, 0.15) is 5.76 Å². The maximum Gasteiger partial charge on any atom is 0.301 e. The molecule has 2 aromatic carbocycles. The fourth-order valence-corrected chi connectivity index (χ4v) is 4.23. The zero-order valence-corrected chi connectivity index (χ0v) is 16.2. The van der Waals surface area contributed by atoms with Gasteiger partial charge in [0, 0.05) is 10.4 Å². The molecule has 1 amide bonds. The molecule has 1 atom stereocenters. The second-order valence-corrected chi connectivity index (χ2v) is 7.77. The Kier molecular flexibility index (Phi) is 4.57. The first-order valence-electron chi connectivity index (χ1n) is 8.84. The van der Waals surface area contributed by atoms with Crippen molar-refractivity contribution in [1.82, 2.24) is 4.98 Å². The molecule has 28 heavy (non-hydrogen) atoms. The monoisotopic (exact) mass is 390 g/mol. The average Bonchev–Trinajstić information content (AvgIpc) is 3.19. The second kappa shape index (κ2) is 7.05. The van der Waals surface area contributed by atoms with Crippen LogP contribution in [-0.4, -0.2) is 21.8 Å². The minimum absolute atomic E-state index is 0.0768. The number of anilines is 1. The first kappa shape index (κ1) is 18.1. The van der Waals surface area contributed by atoms with E-state index in [1.165, 1.54) is 16.2 Å². The summed E-state index contributed by atoms with van der Waals surface area (Å²) >= 11 is 1.36. The van der Waals surface area contributed by atoms with E-state index in [2.05, 4.69) is 4.98 Å². The van der Waals surface area contributed by atoms with Gasteiger partial charge in [0.2, 0.25) is 0 Å². The van der Waals surface area contributed by atoms with Gasteiger partial charge in [-0.1, -0.05) is 60.7 Å². The van der Waals surface area contributed by atoms with Crippen LogP contribution >= 0.6 is 11.3 Å². The van der Waals surface area contributed by atoms with Crippen molar-refractivity contribution >= 4 is 33.9 Å². The Labute approximate surface area is 166 Å². The van der Waals surface area contributed by atoms with Crippen LogP contribution in [0.1, 0.15) is 27.7 Å². The van der Waals surface area contributed by atoms with Gasteiger partial charge in [-0.3, -0.25) is 14.5 Å². The van der Waals surface area contributed by atoms with Gasteiger partial charge in [0.05, 0.1) is 17.3 Å². The van der Waals surface area contributed by atoms with E-state index in [4.69, 9.17) is 0 Å². The highest BCUT2D eigenvalue weighted by atomic mass is 32.1. The van der Waals surface area contributed by atoms with Gasteiger partial charge in [-0.2, -0.15) is 0 Å². The number of nitrogens with zero attached hydrogens (tertiary/aromatic N) is 2. The molecule has 140 valence electrons. The van der Waals surface area contributed by atoms with Crippen molar-refractivity contribution in [2.75, 3.05) is 4.90 Å². The van der Waals surface area contributed by atoms with Gasteiger partial charge in [-0.25, -0.2) is 4.98 Å². The molecule has 1 aliphatic rings. The summed E-state index contributed by atoms with van der Waals surface area (Å²) in [5.74, 6) is -1.57. The largest absolute Gasteiger partial charge is 0.507 e. The molecule has 0 bridgehead atoms. The number of ketones is 1. The normalized spacial score (nSPS) is 18.6. The summed E-state index contributed by atoms with van der Waals surface area (Å²) in [5.41, 5.74) is 2.13. The van der Waals surface area contributed by atoms with E-state index >= 15 is 0 Å². The van der Waals surface area contributed by atoms with Crippen LogP contribution in [0.15, 0.2) is 66.2 Å². The van der Waals surface area contributed by atoms with Crippen LogP contribution in [0.3, 0.4) is 0 Å². The highest BCUT2D eigenvalue weighted by Crippen LogP contribution is 2.43. The van der Waals surface area contributed by atoms with E-state index in [1.807, 2.05) is 50.2 Å². The number of carbonyl (C=O) groups excluding carboxylic acids is 2. The smallest absolute Gasteiger partial charge is 0.301 e. The van der Waals surface area contributed by atoms with Crippen LogP contribution in [0.5, 0.6) is 0 Å². The molecule has 0 saturated carbocycles. The SMILES string of the molecule is Cc1nc(N2C(=O)C(=O)C(=C(O)c3ccccc3)[C@@H]2c2ccccc2)sc1C. The Balaban J connectivity index is 1.95. The van der Waals surface area contributed by atoms with E-state index < -0.39 is 17.7 Å². The van der Waals surface area contributed by atoms with E-state index in [0.29, 0.717) is 10.7 Å². The minimum atomic E-state index is -0.730. The Hall–Kier alpha value is -3.25. The number of amides is 1. The van der Waals surface area contributed by atoms with Crippen molar-refractivity contribution in [3.63, 3.8) is 0 Å². The Morgan fingerprint density at radius 2 is 1.61 bits per heavy atom. The number of carbonyl (C=O) groups is 2. The van der Waals surface area contributed by atoms with Crippen LogP contribution in [-0.2, 0) is 9.59 Å². The van der Waals surface area contributed by atoms with Crippen LogP contribution in [0.4, 0.5) is 5.13 Å². The van der Waals surface area contributed by atoms with Gasteiger partial charge >= 0.3 is 5.91 Å². The van der Waals surface area contributed by atoms with Crippen molar-refractivity contribution in [2.24, 2.45) is 0 Å². The molecule has 4 rings (SSSR count). The van der Waals surface area contributed by atoms with Crippen molar-refractivity contribution in [2.45, 2.75) is 19.9 Å². The lowest BCUT2D eigenvalue weighted by molar-refractivity contribution is -0.132. The lowest BCUT2D eigenvalue weighted by atomic mass is 9.95. The predicted molar refractivity (Wildman–Crippen MR) is 109 cm³/mol. The third-order valence-corrected chi connectivity index (χ3v) is 5.90. The number of aryl methyl sites for hydroxylation is 2. The number of rotatable bonds is 3. The van der Waals surface area contributed by atoms with E-state index in [0.717, 1.165) is 16.1 Å². The maximum atomic E-state index is 13.0. The molecule has 0 aliphatic carbocycles. The number of aromatic nitrogens is 1. The zero-order chi connectivity index (χ0) is 19.8. The fourth-order valence-electron chi connectivity index (χ4n) is 3.29. The van der Waals surface area contributed by atoms with E-state index in [1.54, 1.807) is 24.3 Å². The van der Waals surface area contributed by atoms with Crippen LogP contribution in [0.2, 0.25) is 0 Å². The molecule has 0 unspecified atom stereocenters. The fraction of sp³-hybridized carbons (Fsp3) is 0.136. The first-order chi connectivity index (χ1) is 13.5. The zero-order valence-electron chi connectivity index (χ0n) is 15.4. The van der Waals surface area contributed by atoms with Gasteiger partial charge in [-0.05, 0) is 19.4 Å². The van der Waals surface area contributed by atoms with E-state index in [-0.39, 0.29) is 11.3 Å². The average molecular weight is 390 g/mol. The van der Waals surface area contributed by atoms with Crippen molar-refractivity contribution in [1.29, 1.82) is 0 Å². The molecular weight excluding hydrogens is 372 g/mol. The summed E-state index contributed by atoms with van der Waals surface area (Å²) < 4.78 is 0. The molecule has 0 spiro atoms. The highest BCUT2D eigenvalue weighted by Gasteiger charge is 2.48. The Morgan fingerprint density at radius 1 is 1.00 bits per heavy atom. The Morgan fingerprint density at radius 3 is 2.18 bits per heavy atom. The number of aliphatic hydroxyl groups excluding tert-OH is 1. The molecule has 5 nitrogen and oxygen atoms in total. The maximum absolute atomic E-state index is 13.0. The van der Waals surface area contributed by atoms with Crippen molar-refractivity contribution in [3.8, 4) is 0 Å². The Bertz CT molecular complexity index is 1070. The quantitative estimate of drug-likeness (QED) is 0.409. The van der Waals surface area contributed by atoms with Crippen LogP contribution in [0, 0.1) is 13.8 Å². The number of thiazole rings is 1. The first-order valence-corrected chi connectivity index (χ1v) is 9.66. The molecule has 1 fully saturated rings. The number of hydrogen-bond donors (Lipinski definition) is 1. The molecule has 1 aromatic heterocycles. The molecule has 1 saturated heterocycles. The molecule has 0 radical (unpaired) electrons. The molecule has 1 N–H and O–H groups in total. The molecule has 3 aromatic rings. The van der Waals surface area contributed by atoms with E-state index in [9.17, 15) is 14.7 Å². The molecule has 1 aliphatic heterocycles. The van der Waals surface area contributed by atoms with Gasteiger partial charge in [-0.15, -0.1) is 11.3 Å². The van der Waals surface area contributed by atoms with Crippen LogP contribution < -0.4 is 4.90 Å². The summed E-state index contributed by atoms with van der Waals surface area (Å²) in [6.07, 6.45) is 0. The van der Waals surface area contributed by atoms with Crippen LogP contribution in [0.25, 0.3) is 5.76 Å².